The molecule has 0 atom stereocenters. The molecule has 4 aromatic carbocycles. The maximum Gasteiger partial charge on any atom is 1.00 e. The number of hydrogen-bond acceptors (Lipinski definition) is 11. The standard InChI is InChI=1S/C26H21N3O8S3.2Na/c1-3-37-20-13-18(39(31,32)33)11-16-12-22(40(34,35)36)24(25(30)23(16)20)29-28-17-7-5-15(6-8-17)26-27-19-9-4-14(2)10-21(19)38-26;;/h4-13,30H,3H2,1-2H3,(H,31,32,33)(H,34,35,36);;/q;2*+1/p-2. The largest absolute Gasteiger partial charge is 1.00 e. The minimum atomic E-state index is -5.01. The van der Waals surface area contributed by atoms with Crippen molar-refractivity contribution in [1.82, 2.24) is 4.98 Å². The monoisotopic (exact) mass is 643 g/mol. The second kappa shape index (κ2) is 13.4. The molecule has 16 heteroatoms. The first-order valence-corrected chi connectivity index (χ1v) is 15.3. The van der Waals surface area contributed by atoms with Crippen LogP contribution in [0.3, 0.4) is 0 Å². The molecule has 42 heavy (non-hydrogen) atoms. The minimum Gasteiger partial charge on any atom is -0.870 e. The fraction of sp³-hybridized carbons (Fsp3) is 0.115. The van der Waals surface area contributed by atoms with Crippen molar-refractivity contribution in [2.45, 2.75) is 23.6 Å². The molecule has 0 aliphatic rings. The minimum absolute atomic E-state index is 0. The third kappa shape index (κ3) is 7.22. The summed E-state index contributed by atoms with van der Waals surface area (Å²) in [6, 6.07) is 15.2. The van der Waals surface area contributed by atoms with Gasteiger partial charge in [0, 0.05) is 10.9 Å². The summed E-state index contributed by atoms with van der Waals surface area (Å²) in [7, 11) is -9.99. The fourth-order valence-corrected chi connectivity index (χ4v) is 6.29. The zero-order valence-corrected chi connectivity index (χ0v) is 29.3. The predicted octanol–water partition coefficient (Wildman–Crippen LogP) is -0.529. The maximum absolute atomic E-state index is 13.4. The van der Waals surface area contributed by atoms with Crippen LogP contribution in [-0.4, -0.2) is 37.5 Å². The third-order valence-electron chi connectivity index (χ3n) is 5.86. The van der Waals surface area contributed by atoms with Crippen LogP contribution in [0.4, 0.5) is 11.4 Å². The fourth-order valence-electron chi connectivity index (χ4n) is 4.05. The number of thiazole rings is 1. The van der Waals surface area contributed by atoms with E-state index in [-0.39, 0.29) is 87.9 Å². The van der Waals surface area contributed by atoms with Crippen molar-refractivity contribution in [3.63, 3.8) is 0 Å². The Bertz CT molecular complexity index is 2050. The van der Waals surface area contributed by atoms with Gasteiger partial charge in [0.25, 0.3) is 10.1 Å². The van der Waals surface area contributed by atoms with Crippen molar-refractivity contribution in [3.8, 4) is 22.1 Å². The number of hydrogen-bond donors (Lipinski definition) is 1. The van der Waals surface area contributed by atoms with Gasteiger partial charge in [-0.2, -0.15) is 13.5 Å². The molecule has 0 aliphatic carbocycles. The molecule has 5 rings (SSSR count). The van der Waals surface area contributed by atoms with Gasteiger partial charge >= 0.3 is 59.1 Å². The number of aryl methyl sites for hydroxylation is 1. The van der Waals surface area contributed by atoms with Crippen LogP contribution in [-0.2, 0) is 20.2 Å². The van der Waals surface area contributed by atoms with Gasteiger partial charge in [-0.3, -0.25) is 4.55 Å². The normalized spacial score (nSPS) is 11.9. The molecular weight excluding hydrogens is 624 g/mol. The molecule has 0 aliphatic heterocycles. The first-order chi connectivity index (χ1) is 18.8. The molecule has 1 heterocycles. The van der Waals surface area contributed by atoms with Gasteiger partial charge in [-0.1, -0.05) is 11.8 Å². The summed E-state index contributed by atoms with van der Waals surface area (Å²) in [5, 5.41) is 21.5. The van der Waals surface area contributed by atoms with Crippen molar-refractivity contribution in [2.75, 3.05) is 6.61 Å². The van der Waals surface area contributed by atoms with E-state index in [0.717, 1.165) is 44.6 Å². The molecular formula is C26H19N3Na2O8S3. The molecule has 0 unspecified atom stereocenters. The summed E-state index contributed by atoms with van der Waals surface area (Å²) < 4.78 is 75.3. The van der Waals surface area contributed by atoms with E-state index in [9.17, 15) is 31.0 Å². The van der Waals surface area contributed by atoms with Gasteiger partial charge in [-0.05, 0) is 79.4 Å². The Labute approximate surface area is 289 Å². The molecule has 0 spiro atoms. The first-order valence-electron chi connectivity index (χ1n) is 11.6. The number of fused-ring (bicyclic) bond motifs is 2. The molecule has 206 valence electrons. The van der Waals surface area contributed by atoms with E-state index in [1.807, 2.05) is 25.1 Å². The zero-order chi connectivity index (χ0) is 28.8. The molecule has 0 saturated heterocycles. The van der Waals surface area contributed by atoms with E-state index >= 15 is 0 Å². The number of nitrogens with zero attached hydrogens (tertiary/aromatic N) is 3. The molecule has 5 aromatic rings. The third-order valence-corrected chi connectivity index (χ3v) is 8.61. The van der Waals surface area contributed by atoms with E-state index < -0.39 is 41.5 Å². The Morgan fingerprint density at radius 1 is 0.976 bits per heavy atom. The van der Waals surface area contributed by atoms with Gasteiger partial charge < -0.3 is 14.4 Å². The summed E-state index contributed by atoms with van der Waals surface area (Å²) >= 11 is 1.53. The smallest absolute Gasteiger partial charge is 0.870 e. The zero-order valence-electron chi connectivity index (χ0n) is 22.9. The molecule has 11 nitrogen and oxygen atoms in total. The van der Waals surface area contributed by atoms with Crippen LogP contribution < -0.4 is 69.0 Å². The Morgan fingerprint density at radius 2 is 1.67 bits per heavy atom. The topological polar surface area (TPSA) is 181 Å². The Morgan fingerprint density at radius 3 is 2.29 bits per heavy atom. The van der Waals surface area contributed by atoms with Crippen molar-refractivity contribution in [3.05, 3.63) is 66.2 Å². The van der Waals surface area contributed by atoms with Gasteiger partial charge in [0.1, 0.15) is 25.8 Å². The summed E-state index contributed by atoms with van der Waals surface area (Å²) in [4.78, 5) is 2.99. The van der Waals surface area contributed by atoms with Gasteiger partial charge in [-0.15, -0.1) is 16.5 Å². The molecule has 1 N–H and O–H groups in total. The van der Waals surface area contributed by atoms with E-state index in [1.165, 1.54) is 11.3 Å². The number of azo groups is 1. The molecule has 0 saturated carbocycles. The van der Waals surface area contributed by atoms with Crippen LogP contribution in [0.15, 0.2) is 80.7 Å². The molecule has 0 amide bonds. The summed E-state index contributed by atoms with van der Waals surface area (Å²) in [6.07, 6.45) is 0. The van der Waals surface area contributed by atoms with E-state index in [4.69, 9.17) is 4.74 Å². The summed E-state index contributed by atoms with van der Waals surface area (Å²) in [5.41, 5.74) is 2.38. The van der Waals surface area contributed by atoms with Gasteiger partial charge in [0.05, 0.1) is 33.1 Å². The van der Waals surface area contributed by atoms with Crippen molar-refractivity contribution >= 4 is 63.9 Å². The summed E-state index contributed by atoms with van der Waals surface area (Å²) in [6.45, 7) is 3.58. The van der Waals surface area contributed by atoms with Crippen LogP contribution >= 0.6 is 11.3 Å². The maximum atomic E-state index is 13.4. The SMILES string of the molecule is CCOc1cc(S(=O)(=O)[O-])cc2cc(S(=O)(=O)O)c(N=Nc3ccc(-c4nc5ccc(C)cc5s4)cc3)c([O-])c12.[Na+].[Na+]. The Kier molecular flexibility index (Phi) is 11.0. The molecule has 0 bridgehead atoms. The average molecular weight is 644 g/mol. The Hall–Kier alpha value is -1.95. The van der Waals surface area contributed by atoms with Gasteiger partial charge in [-0.25, -0.2) is 13.4 Å². The summed E-state index contributed by atoms with van der Waals surface area (Å²) in [5.74, 6) is -1.25. The molecule has 0 fully saturated rings. The van der Waals surface area contributed by atoms with Crippen LogP contribution in [0.5, 0.6) is 11.5 Å². The van der Waals surface area contributed by atoms with Gasteiger partial charge in [0.2, 0.25) is 0 Å². The molecule has 0 radical (unpaired) electrons. The van der Waals surface area contributed by atoms with Crippen LogP contribution in [0, 0.1) is 6.92 Å². The van der Waals surface area contributed by atoms with E-state index in [0.29, 0.717) is 0 Å². The second-order valence-electron chi connectivity index (χ2n) is 8.67. The average Bonchev–Trinajstić information content (AvgIpc) is 3.30. The number of aromatic nitrogens is 1. The van der Waals surface area contributed by atoms with Gasteiger partial charge in [0.15, 0.2) is 0 Å². The van der Waals surface area contributed by atoms with E-state index in [2.05, 4.69) is 15.2 Å². The predicted molar refractivity (Wildman–Crippen MR) is 146 cm³/mol. The van der Waals surface area contributed by atoms with Crippen molar-refractivity contribution < 1.29 is 94.9 Å². The number of ether oxygens (including phenoxy) is 1. The molecule has 1 aromatic heterocycles. The van der Waals surface area contributed by atoms with E-state index in [1.54, 1.807) is 31.2 Å². The van der Waals surface area contributed by atoms with Crippen LogP contribution in [0.1, 0.15) is 12.5 Å². The second-order valence-corrected chi connectivity index (χ2v) is 12.5. The Balaban J connectivity index is 0.00000242. The first kappa shape index (κ1) is 34.5. The van der Waals surface area contributed by atoms with Crippen molar-refractivity contribution in [1.29, 1.82) is 0 Å². The van der Waals surface area contributed by atoms with Crippen molar-refractivity contribution in [2.24, 2.45) is 10.2 Å². The number of rotatable bonds is 7. The van der Waals surface area contributed by atoms with Crippen LogP contribution in [0.2, 0.25) is 0 Å². The van der Waals surface area contributed by atoms with Crippen LogP contribution in [0.25, 0.3) is 31.6 Å². The quantitative estimate of drug-likeness (QED) is 0.139. The number of benzene rings is 4.